The molecule has 2 heteroatoms. The first-order valence-electron chi connectivity index (χ1n) is 2.00. The Morgan fingerprint density at radius 3 is 1.86 bits per heavy atom. The number of hydrogen-bond donors (Lipinski definition) is 0. The van der Waals surface area contributed by atoms with Crippen LogP contribution < -0.4 is 5.11 Å². The van der Waals surface area contributed by atoms with Gasteiger partial charge in [-0.15, -0.1) is 6.61 Å². The average molecular weight is 112 g/mol. The van der Waals surface area contributed by atoms with E-state index < -0.39 is 0 Å². The Kier molecular flexibility index (Phi) is 35.5. The molecule has 40 valence electrons. The summed E-state index contributed by atoms with van der Waals surface area (Å²) in [7, 11) is 0. The summed E-state index contributed by atoms with van der Waals surface area (Å²) in [5, 5.41) is 9.53. The van der Waals surface area contributed by atoms with Gasteiger partial charge in [0.25, 0.3) is 0 Å². The molecule has 0 spiro atoms. The van der Waals surface area contributed by atoms with E-state index in [-0.39, 0.29) is 37.1 Å². The van der Waals surface area contributed by atoms with E-state index in [9.17, 15) is 5.11 Å². The number of hydrogen-bond acceptors (Lipinski definition) is 1. The monoisotopic (exact) mass is 112 g/mol. The normalized spacial score (nSPS) is 6.00. The van der Waals surface area contributed by atoms with Gasteiger partial charge in [-0.25, -0.2) is 0 Å². The van der Waals surface area contributed by atoms with Crippen molar-refractivity contribution < 1.29 is 5.11 Å². The quantitative estimate of drug-likeness (QED) is 0.370. The van der Waals surface area contributed by atoms with Crippen molar-refractivity contribution in [2.45, 2.75) is 19.8 Å². The Morgan fingerprint density at radius 2 is 1.86 bits per heavy atom. The molecule has 0 saturated carbocycles. The molecule has 0 N–H and O–H groups in total. The summed E-state index contributed by atoms with van der Waals surface area (Å²) in [6.45, 7) is 2.11. The minimum absolute atomic E-state index is 0. The van der Waals surface area contributed by atoms with Crippen LogP contribution in [-0.4, -0.2) is 29.7 Å². The van der Waals surface area contributed by atoms with E-state index in [1.54, 1.807) is 0 Å². The van der Waals surface area contributed by atoms with Gasteiger partial charge in [-0.2, -0.15) is 0 Å². The van der Waals surface area contributed by atoms with Gasteiger partial charge in [0.2, 0.25) is 0 Å². The minimum atomic E-state index is 0. The van der Waals surface area contributed by atoms with Gasteiger partial charge in [-0.05, 0) is 0 Å². The second kappa shape index (κ2) is 15.9. The second-order valence-corrected chi connectivity index (χ2v) is 1.06. The molecule has 0 heterocycles. The van der Waals surface area contributed by atoms with Gasteiger partial charge >= 0.3 is 23.1 Å². The van der Waals surface area contributed by atoms with Crippen LogP contribution in [0.3, 0.4) is 0 Å². The van der Waals surface area contributed by atoms with Crippen LogP contribution in [0.1, 0.15) is 19.8 Å². The van der Waals surface area contributed by atoms with E-state index in [2.05, 4.69) is 0 Å². The van der Waals surface area contributed by atoms with E-state index >= 15 is 0 Å². The van der Waals surface area contributed by atoms with Crippen LogP contribution in [0, 0.1) is 7.43 Å². The smallest absolute Gasteiger partial charge is 0.854 e. The van der Waals surface area contributed by atoms with Crippen molar-refractivity contribution in [1.82, 2.24) is 0 Å². The second-order valence-electron chi connectivity index (χ2n) is 1.06. The van der Waals surface area contributed by atoms with Gasteiger partial charge in [0.05, 0.1) is 0 Å². The predicted octanol–water partition coefficient (Wildman–Crippen LogP) is 0.216. The summed E-state index contributed by atoms with van der Waals surface area (Å²) in [5.74, 6) is 0. The summed E-state index contributed by atoms with van der Waals surface area (Å²) >= 11 is 0. The molecule has 0 aliphatic rings. The van der Waals surface area contributed by atoms with Crippen molar-refractivity contribution in [2.24, 2.45) is 0 Å². The van der Waals surface area contributed by atoms with Crippen molar-refractivity contribution in [2.75, 3.05) is 6.61 Å². The molecule has 7 heavy (non-hydrogen) atoms. The topological polar surface area (TPSA) is 23.1 Å². The van der Waals surface area contributed by atoms with E-state index in [4.69, 9.17) is 0 Å². The van der Waals surface area contributed by atoms with Crippen molar-refractivity contribution in [3.63, 3.8) is 0 Å². The van der Waals surface area contributed by atoms with Crippen LogP contribution in [0.2, 0.25) is 0 Å². The number of unbranched alkanes of at least 4 members (excludes halogenated alkanes) is 1. The van der Waals surface area contributed by atoms with E-state index in [1.807, 2.05) is 6.92 Å². The van der Waals surface area contributed by atoms with Crippen LogP contribution in [0.4, 0.5) is 0 Å². The molecule has 0 fully saturated rings. The Bertz CT molecular complexity index is 15.6. The predicted molar refractivity (Wildman–Crippen MR) is 31.9 cm³/mol. The molecule has 0 bridgehead atoms. The molecule has 0 aromatic carbocycles. The van der Waals surface area contributed by atoms with E-state index in [1.165, 1.54) is 0 Å². The SMILES string of the molecule is CCCC[O-].[CH3-].[Mg+2]. The molecule has 0 amide bonds. The standard InChI is InChI=1S/C4H9O.CH3.Mg/c1-2-3-4-5;;/h2-4H2,1H3;1H3;/q2*-1;+2. The first kappa shape index (κ1) is 15.6. The minimum Gasteiger partial charge on any atom is -0.854 e. The van der Waals surface area contributed by atoms with Crippen molar-refractivity contribution in [1.29, 1.82) is 0 Å². The van der Waals surface area contributed by atoms with Crippen LogP contribution >= 0.6 is 0 Å². The third-order valence-corrected chi connectivity index (χ3v) is 0.498. The molecule has 0 saturated heterocycles. The van der Waals surface area contributed by atoms with Gasteiger partial charge in [0.1, 0.15) is 0 Å². The molecule has 0 aromatic heterocycles. The van der Waals surface area contributed by atoms with E-state index in [0.29, 0.717) is 0 Å². The average Bonchev–Trinajstić information content (AvgIpc) is 1.41. The zero-order valence-corrected chi connectivity index (χ0v) is 6.65. The van der Waals surface area contributed by atoms with E-state index in [0.717, 1.165) is 12.8 Å². The molecular weight excluding hydrogens is 100 g/mol. The summed E-state index contributed by atoms with van der Waals surface area (Å²) in [4.78, 5) is 0. The van der Waals surface area contributed by atoms with Gasteiger partial charge in [0.15, 0.2) is 0 Å². The van der Waals surface area contributed by atoms with Crippen LogP contribution in [-0.2, 0) is 0 Å². The summed E-state index contributed by atoms with van der Waals surface area (Å²) in [5.41, 5.74) is 0. The first-order chi connectivity index (χ1) is 2.41. The molecule has 0 aromatic rings. The van der Waals surface area contributed by atoms with Crippen molar-refractivity contribution in [3.8, 4) is 0 Å². The van der Waals surface area contributed by atoms with Gasteiger partial charge in [-0.3, -0.25) is 0 Å². The summed E-state index contributed by atoms with van der Waals surface area (Å²) < 4.78 is 0. The molecule has 0 atom stereocenters. The van der Waals surface area contributed by atoms with Crippen molar-refractivity contribution in [3.05, 3.63) is 7.43 Å². The fourth-order valence-electron chi connectivity index (χ4n) is 0.144. The van der Waals surface area contributed by atoms with Gasteiger partial charge < -0.3 is 12.5 Å². The molecule has 0 aliphatic carbocycles. The Morgan fingerprint density at radius 1 is 1.43 bits per heavy atom. The molecule has 1 nitrogen and oxygen atoms in total. The molecule has 0 rings (SSSR count). The molecule has 0 aliphatic heterocycles. The van der Waals surface area contributed by atoms with Crippen molar-refractivity contribution >= 4 is 23.1 Å². The molecule has 0 radical (unpaired) electrons. The van der Waals surface area contributed by atoms with Gasteiger partial charge in [-0.1, -0.05) is 19.8 Å². The van der Waals surface area contributed by atoms with Gasteiger partial charge in [0, 0.05) is 0 Å². The summed E-state index contributed by atoms with van der Waals surface area (Å²) in [6, 6.07) is 0. The first-order valence-corrected chi connectivity index (χ1v) is 2.00. The third-order valence-electron chi connectivity index (χ3n) is 0.498. The summed E-state index contributed by atoms with van der Waals surface area (Å²) in [6.07, 6.45) is 1.86. The maximum Gasteiger partial charge on any atom is 2.00 e. The largest absolute Gasteiger partial charge is 2.00 e. The third kappa shape index (κ3) is 20.2. The Balaban J connectivity index is -0.0000000800. The fraction of sp³-hybridized carbons (Fsp3) is 0.800. The zero-order valence-electron chi connectivity index (χ0n) is 5.24. The maximum absolute atomic E-state index is 9.53. The fourth-order valence-corrected chi connectivity index (χ4v) is 0.144. The van der Waals surface area contributed by atoms with Crippen LogP contribution in [0.25, 0.3) is 0 Å². The van der Waals surface area contributed by atoms with Crippen LogP contribution in [0.15, 0.2) is 0 Å². The van der Waals surface area contributed by atoms with Crippen LogP contribution in [0.5, 0.6) is 0 Å². The maximum atomic E-state index is 9.53. The Labute approximate surface area is 62.3 Å². The number of rotatable bonds is 2. The molecular formula is C5H12MgO. The molecule has 0 unspecified atom stereocenters. The Hall–Kier alpha value is 0.726. The zero-order chi connectivity index (χ0) is 4.12.